The second-order valence-corrected chi connectivity index (χ2v) is 8.53. The Balaban J connectivity index is 1.44. The van der Waals surface area contributed by atoms with Crippen molar-refractivity contribution in [2.45, 2.75) is 27.3 Å². The largest absolute Gasteiger partial charge is 0.347 e. The van der Waals surface area contributed by atoms with Crippen molar-refractivity contribution in [3.63, 3.8) is 0 Å². The number of rotatable bonds is 5. The average molecular weight is 391 g/mol. The molecule has 9 heteroatoms. The summed E-state index contributed by atoms with van der Waals surface area (Å²) < 4.78 is 5.34. The Kier molecular flexibility index (Phi) is 5.91. The first-order valence-corrected chi connectivity index (χ1v) is 9.86. The number of hydrogen-bond acceptors (Lipinski definition) is 7. The maximum atomic E-state index is 12.3. The second kappa shape index (κ2) is 8.18. The Hall–Kier alpha value is -2.26. The highest BCUT2D eigenvalue weighted by atomic mass is 32.1. The van der Waals surface area contributed by atoms with Crippen molar-refractivity contribution in [2.75, 3.05) is 32.7 Å². The molecule has 3 heterocycles. The average Bonchev–Trinajstić information content (AvgIpc) is 3.30. The molecule has 3 rings (SSSR count). The Morgan fingerprint density at radius 2 is 2.00 bits per heavy atom. The number of piperazine rings is 1. The van der Waals surface area contributed by atoms with Gasteiger partial charge < -0.3 is 14.7 Å². The van der Waals surface area contributed by atoms with E-state index in [1.165, 1.54) is 0 Å². The van der Waals surface area contributed by atoms with Crippen LogP contribution in [0.25, 0.3) is 10.7 Å². The highest BCUT2D eigenvalue weighted by Gasteiger charge is 2.25. The van der Waals surface area contributed by atoms with Gasteiger partial charge >= 0.3 is 0 Å². The summed E-state index contributed by atoms with van der Waals surface area (Å²) in [6, 6.07) is 3.91. The molecule has 146 valence electrons. The van der Waals surface area contributed by atoms with E-state index in [2.05, 4.69) is 20.4 Å². The van der Waals surface area contributed by atoms with Gasteiger partial charge in [0.05, 0.1) is 18.0 Å². The third kappa shape index (κ3) is 5.14. The molecule has 0 bridgehead atoms. The van der Waals surface area contributed by atoms with Gasteiger partial charge in [-0.3, -0.25) is 14.5 Å². The Morgan fingerprint density at radius 1 is 1.26 bits per heavy atom. The molecular weight excluding hydrogens is 366 g/mol. The maximum absolute atomic E-state index is 12.3. The van der Waals surface area contributed by atoms with E-state index in [0.29, 0.717) is 31.3 Å². The molecule has 2 aromatic heterocycles. The van der Waals surface area contributed by atoms with E-state index in [1.807, 2.05) is 38.3 Å². The molecule has 2 amide bonds. The normalized spacial score (nSPS) is 15.7. The lowest BCUT2D eigenvalue weighted by Gasteiger charge is -2.34. The van der Waals surface area contributed by atoms with Crippen molar-refractivity contribution < 1.29 is 14.1 Å². The smallest absolute Gasteiger partial charge is 0.242 e. The lowest BCUT2D eigenvalue weighted by atomic mass is 9.96. The van der Waals surface area contributed by atoms with Crippen molar-refractivity contribution >= 4 is 23.2 Å². The summed E-state index contributed by atoms with van der Waals surface area (Å²) >= 11 is 1.57. The van der Waals surface area contributed by atoms with Crippen molar-refractivity contribution in [3.05, 3.63) is 23.4 Å². The van der Waals surface area contributed by atoms with E-state index in [9.17, 15) is 9.59 Å². The molecule has 8 nitrogen and oxygen atoms in total. The van der Waals surface area contributed by atoms with Crippen molar-refractivity contribution in [3.8, 4) is 10.7 Å². The predicted octanol–water partition coefficient (Wildman–Crippen LogP) is 1.60. The van der Waals surface area contributed by atoms with Gasteiger partial charge in [-0.05, 0) is 11.4 Å². The predicted molar refractivity (Wildman–Crippen MR) is 102 cm³/mol. The van der Waals surface area contributed by atoms with Gasteiger partial charge in [0, 0.05) is 31.6 Å². The van der Waals surface area contributed by atoms with Crippen LogP contribution < -0.4 is 5.32 Å². The number of thiophene rings is 1. The highest BCUT2D eigenvalue weighted by Crippen LogP contribution is 2.21. The van der Waals surface area contributed by atoms with E-state index >= 15 is 0 Å². The molecule has 0 atom stereocenters. The van der Waals surface area contributed by atoms with E-state index in [4.69, 9.17) is 4.52 Å². The van der Waals surface area contributed by atoms with Gasteiger partial charge in [0.1, 0.15) is 0 Å². The first-order valence-electron chi connectivity index (χ1n) is 8.98. The zero-order valence-corrected chi connectivity index (χ0v) is 16.7. The molecule has 0 aliphatic carbocycles. The topological polar surface area (TPSA) is 91.6 Å². The van der Waals surface area contributed by atoms with Crippen LogP contribution in [0.4, 0.5) is 0 Å². The fourth-order valence-electron chi connectivity index (χ4n) is 2.70. The maximum Gasteiger partial charge on any atom is 0.242 e. The fraction of sp³-hybridized carbons (Fsp3) is 0.556. The SMILES string of the molecule is CC(C)(C)C(=O)NCC(=O)N1CCN(Cc2nc(-c3cccs3)no2)CC1. The van der Waals surface area contributed by atoms with Crippen LogP contribution in [-0.4, -0.2) is 64.5 Å². The number of aromatic nitrogens is 2. The zero-order chi connectivity index (χ0) is 19.4. The van der Waals surface area contributed by atoms with Gasteiger partial charge in [0.2, 0.25) is 23.5 Å². The van der Waals surface area contributed by atoms with Crippen LogP contribution in [-0.2, 0) is 16.1 Å². The first-order chi connectivity index (χ1) is 12.8. The number of nitrogens with zero attached hydrogens (tertiary/aromatic N) is 4. The molecule has 2 aromatic rings. The van der Waals surface area contributed by atoms with Crippen LogP contribution in [0.15, 0.2) is 22.0 Å². The number of amides is 2. The molecule has 1 saturated heterocycles. The summed E-state index contributed by atoms with van der Waals surface area (Å²) in [6.45, 7) is 8.80. The van der Waals surface area contributed by atoms with Crippen LogP contribution in [0.1, 0.15) is 26.7 Å². The minimum atomic E-state index is -0.495. The van der Waals surface area contributed by atoms with Gasteiger partial charge in [-0.15, -0.1) is 11.3 Å². The summed E-state index contributed by atoms with van der Waals surface area (Å²) in [7, 11) is 0. The third-order valence-corrected chi connectivity index (χ3v) is 5.24. The number of hydrogen-bond donors (Lipinski definition) is 1. The molecule has 1 N–H and O–H groups in total. The molecule has 27 heavy (non-hydrogen) atoms. The molecule has 0 unspecified atom stereocenters. The van der Waals surface area contributed by atoms with Gasteiger partial charge in [-0.1, -0.05) is 32.0 Å². The second-order valence-electron chi connectivity index (χ2n) is 7.58. The number of nitrogens with one attached hydrogen (secondary N) is 1. The minimum absolute atomic E-state index is 0.0456. The molecule has 1 fully saturated rings. The Morgan fingerprint density at radius 3 is 2.63 bits per heavy atom. The minimum Gasteiger partial charge on any atom is -0.347 e. The van der Waals surface area contributed by atoms with Crippen molar-refractivity contribution in [1.29, 1.82) is 0 Å². The molecule has 0 spiro atoms. The zero-order valence-electron chi connectivity index (χ0n) is 15.9. The summed E-state index contributed by atoms with van der Waals surface area (Å²) in [5.41, 5.74) is -0.495. The lowest BCUT2D eigenvalue weighted by Crippen LogP contribution is -2.51. The lowest BCUT2D eigenvalue weighted by molar-refractivity contribution is -0.136. The quantitative estimate of drug-likeness (QED) is 0.833. The molecule has 0 saturated carbocycles. The van der Waals surface area contributed by atoms with Gasteiger partial charge in [0.25, 0.3) is 0 Å². The number of carbonyl (C=O) groups excluding carboxylic acids is 2. The first kappa shape index (κ1) is 19.5. The Bertz CT molecular complexity index is 773. The van der Waals surface area contributed by atoms with Crippen LogP contribution in [0, 0.1) is 5.41 Å². The summed E-state index contributed by atoms with van der Waals surface area (Å²) in [5.74, 6) is 1.02. The molecule has 0 aromatic carbocycles. The van der Waals surface area contributed by atoms with Crippen LogP contribution in [0.3, 0.4) is 0 Å². The van der Waals surface area contributed by atoms with Crippen molar-refractivity contribution in [1.82, 2.24) is 25.3 Å². The summed E-state index contributed by atoms with van der Waals surface area (Å²) in [5, 5.41) is 8.71. The molecule has 1 aliphatic heterocycles. The van der Waals surface area contributed by atoms with E-state index in [1.54, 1.807) is 16.2 Å². The fourth-order valence-corrected chi connectivity index (χ4v) is 3.35. The van der Waals surface area contributed by atoms with Gasteiger partial charge in [-0.2, -0.15) is 4.98 Å². The van der Waals surface area contributed by atoms with Crippen LogP contribution >= 0.6 is 11.3 Å². The third-order valence-electron chi connectivity index (χ3n) is 4.37. The van der Waals surface area contributed by atoms with E-state index in [-0.39, 0.29) is 18.4 Å². The van der Waals surface area contributed by atoms with E-state index in [0.717, 1.165) is 18.0 Å². The molecule has 1 aliphatic rings. The van der Waals surface area contributed by atoms with Gasteiger partial charge in [-0.25, -0.2) is 0 Å². The van der Waals surface area contributed by atoms with Gasteiger partial charge in [0.15, 0.2) is 0 Å². The van der Waals surface area contributed by atoms with Crippen LogP contribution in [0.2, 0.25) is 0 Å². The van der Waals surface area contributed by atoms with Crippen LogP contribution in [0.5, 0.6) is 0 Å². The summed E-state index contributed by atoms with van der Waals surface area (Å²) in [6.07, 6.45) is 0. The van der Waals surface area contributed by atoms with E-state index < -0.39 is 5.41 Å². The molecule has 0 radical (unpaired) electrons. The standard InChI is InChI=1S/C18H25N5O3S/c1-18(2,3)17(25)19-11-15(24)23-8-6-22(7-9-23)12-14-20-16(21-26-14)13-5-4-10-27-13/h4-5,10H,6-9,11-12H2,1-3H3,(H,19,25). The monoisotopic (exact) mass is 391 g/mol. The number of carbonyl (C=O) groups is 2. The molecular formula is C18H25N5O3S. The highest BCUT2D eigenvalue weighted by molar-refractivity contribution is 7.13. The van der Waals surface area contributed by atoms with Crippen molar-refractivity contribution in [2.24, 2.45) is 5.41 Å². The Labute approximate surface area is 162 Å². The summed E-state index contributed by atoms with van der Waals surface area (Å²) in [4.78, 5) is 33.5.